The SMILES string of the molecule is CCCCCCCCCCCCOc1ccc2nc(-c3ccc(N=Cc4ccc(OC(=O)c5ccc(OCCCCCCCC)cc5)cc4O)cc3)oc2c1. The van der Waals surface area contributed by atoms with E-state index in [1.54, 1.807) is 42.6 Å². The lowest BCUT2D eigenvalue weighted by atomic mass is 10.1. The van der Waals surface area contributed by atoms with Gasteiger partial charge in [-0.05, 0) is 85.6 Å². The Morgan fingerprint density at radius 3 is 1.84 bits per heavy atom. The number of aromatic nitrogens is 1. The smallest absolute Gasteiger partial charge is 0.343 e. The van der Waals surface area contributed by atoms with Gasteiger partial charge in [0, 0.05) is 29.5 Å². The highest BCUT2D eigenvalue weighted by Gasteiger charge is 2.12. The third-order valence-corrected chi connectivity index (χ3v) is 9.66. The highest BCUT2D eigenvalue weighted by atomic mass is 16.5. The summed E-state index contributed by atoms with van der Waals surface area (Å²) in [5.74, 6) is 1.70. The topological polar surface area (TPSA) is 103 Å². The van der Waals surface area contributed by atoms with Crippen LogP contribution in [0.3, 0.4) is 0 Å². The minimum Gasteiger partial charge on any atom is -0.507 e. The fourth-order valence-corrected chi connectivity index (χ4v) is 6.35. The van der Waals surface area contributed by atoms with Crippen molar-refractivity contribution in [1.29, 1.82) is 0 Å². The lowest BCUT2D eigenvalue weighted by molar-refractivity contribution is 0.0734. The predicted octanol–water partition coefficient (Wildman–Crippen LogP) is 13.2. The first-order valence-corrected chi connectivity index (χ1v) is 20.5. The third-order valence-electron chi connectivity index (χ3n) is 9.66. The summed E-state index contributed by atoms with van der Waals surface area (Å²) < 4.78 is 23.4. The molecular formula is C47H58N2O6. The molecule has 5 aromatic rings. The molecule has 0 atom stereocenters. The van der Waals surface area contributed by atoms with Crippen LogP contribution >= 0.6 is 0 Å². The number of fused-ring (bicyclic) bond motifs is 1. The van der Waals surface area contributed by atoms with Gasteiger partial charge in [0.2, 0.25) is 5.89 Å². The van der Waals surface area contributed by atoms with Crippen molar-refractivity contribution >= 4 is 29.0 Å². The Morgan fingerprint density at radius 1 is 0.655 bits per heavy atom. The summed E-state index contributed by atoms with van der Waals surface area (Å²) in [6, 6.07) is 24.9. The van der Waals surface area contributed by atoms with Crippen LogP contribution in [0.15, 0.2) is 94.3 Å². The fraction of sp³-hybridized carbons (Fsp3) is 0.426. The summed E-state index contributed by atoms with van der Waals surface area (Å²) in [6.45, 7) is 5.84. The summed E-state index contributed by atoms with van der Waals surface area (Å²) in [5, 5.41) is 10.6. The highest BCUT2D eigenvalue weighted by Crippen LogP contribution is 2.29. The summed E-state index contributed by atoms with van der Waals surface area (Å²) in [6.07, 6.45) is 21.8. The van der Waals surface area contributed by atoms with Crippen LogP contribution in [0.4, 0.5) is 5.69 Å². The maximum atomic E-state index is 12.7. The predicted molar refractivity (Wildman–Crippen MR) is 222 cm³/mol. The van der Waals surface area contributed by atoms with Gasteiger partial charge in [-0.2, -0.15) is 0 Å². The van der Waals surface area contributed by atoms with Gasteiger partial charge in [-0.1, -0.05) is 104 Å². The molecule has 0 saturated carbocycles. The number of ether oxygens (including phenoxy) is 3. The van der Waals surface area contributed by atoms with Gasteiger partial charge in [-0.15, -0.1) is 0 Å². The third kappa shape index (κ3) is 13.9. The number of aromatic hydroxyl groups is 1. The summed E-state index contributed by atoms with van der Waals surface area (Å²) >= 11 is 0. The van der Waals surface area contributed by atoms with Crippen LogP contribution in [-0.2, 0) is 0 Å². The maximum Gasteiger partial charge on any atom is 0.343 e. The number of phenols is 1. The number of esters is 1. The van der Waals surface area contributed by atoms with Gasteiger partial charge in [0.1, 0.15) is 28.5 Å². The molecule has 0 saturated heterocycles. The average molecular weight is 747 g/mol. The van der Waals surface area contributed by atoms with Crippen LogP contribution in [-0.4, -0.2) is 35.5 Å². The number of carbonyl (C=O) groups is 1. The molecule has 5 rings (SSSR count). The van der Waals surface area contributed by atoms with Gasteiger partial charge < -0.3 is 23.7 Å². The molecule has 0 radical (unpaired) electrons. The molecule has 0 bridgehead atoms. The molecule has 0 aliphatic heterocycles. The van der Waals surface area contributed by atoms with E-state index in [-0.39, 0.29) is 11.5 Å². The first kappa shape index (κ1) is 41.1. The maximum absolute atomic E-state index is 12.7. The molecule has 0 aliphatic rings. The van der Waals surface area contributed by atoms with Gasteiger partial charge in [0.25, 0.3) is 0 Å². The first-order chi connectivity index (χ1) is 27.0. The molecule has 1 heterocycles. The lowest BCUT2D eigenvalue weighted by Gasteiger charge is -2.08. The van der Waals surface area contributed by atoms with Crippen LogP contribution in [0.1, 0.15) is 133 Å². The molecule has 0 spiro atoms. The zero-order valence-electron chi connectivity index (χ0n) is 32.8. The first-order valence-electron chi connectivity index (χ1n) is 20.5. The Hall–Kier alpha value is -5.11. The largest absolute Gasteiger partial charge is 0.507 e. The Labute approximate surface area is 327 Å². The van der Waals surface area contributed by atoms with Crippen molar-refractivity contribution in [2.75, 3.05) is 13.2 Å². The van der Waals surface area contributed by atoms with Crippen LogP contribution in [0.2, 0.25) is 0 Å². The fourth-order valence-electron chi connectivity index (χ4n) is 6.35. The standard InChI is InChI=1S/C47H58N2O6/c1-3-5-7-9-11-12-13-14-16-18-32-53-41-29-30-43-45(34-41)55-46(49-43)36-19-24-39(25-20-36)48-35-38-23-28-42(33-44(38)50)54-47(51)37-21-26-40(27-22-37)52-31-17-15-10-8-6-4-2/h19-30,33-35,50H,3-18,31-32H2,1-2H3. The Kier molecular flexibility index (Phi) is 17.1. The van der Waals surface area contributed by atoms with Gasteiger partial charge >= 0.3 is 5.97 Å². The molecule has 292 valence electrons. The van der Waals surface area contributed by atoms with Crippen LogP contribution in [0.5, 0.6) is 23.0 Å². The molecule has 8 heteroatoms. The zero-order valence-corrected chi connectivity index (χ0v) is 32.8. The minimum absolute atomic E-state index is 0.0533. The van der Waals surface area contributed by atoms with E-state index in [1.807, 2.05) is 42.5 Å². The van der Waals surface area contributed by atoms with Gasteiger partial charge in [0.15, 0.2) is 5.58 Å². The van der Waals surface area contributed by atoms with Crippen LogP contribution in [0, 0.1) is 0 Å². The molecule has 0 amide bonds. The van der Waals surface area contributed by atoms with E-state index < -0.39 is 5.97 Å². The van der Waals surface area contributed by atoms with Crippen molar-refractivity contribution in [1.82, 2.24) is 4.98 Å². The van der Waals surface area contributed by atoms with Gasteiger partial charge in [-0.25, -0.2) is 9.78 Å². The van der Waals surface area contributed by atoms with E-state index in [4.69, 9.17) is 18.6 Å². The van der Waals surface area contributed by atoms with Gasteiger partial charge in [-0.3, -0.25) is 4.99 Å². The number of nitrogens with zero attached hydrogens (tertiary/aromatic N) is 2. The van der Waals surface area contributed by atoms with E-state index in [9.17, 15) is 9.90 Å². The molecule has 4 aromatic carbocycles. The van der Waals surface area contributed by atoms with E-state index in [0.29, 0.717) is 41.5 Å². The monoisotopic (exact) mass is 746 g/mol. The average Bonchev–Trinajstić information content (AvgIpc) is 3.63. The molecule has 55 heavy (non-hydrogen) atoms. The number of hydrogen-bond acceptors (Lipinski definition) is 8. The number of aliphatic imine (C=N–C) groups is 1. The number of benzene rings is 4. The number of oxazole rings is 1. The molecule has 1 N–H and O–H groups in total. The van der Waals surface area contributed by atoms with Crippen molar-refractivity contribution in [2.24, 2.45) is 4.99 Å². The molecule has 0 fully saturated rings. The zero-order chi connectivity index (χ0) is 38.5. The van der Waals surface area contributed by atoms with E-state index in [2.05, 4.69) is 23.8 Å². The van der Waals surface area contributed by atoms with Crippen molar-refractivity contribution in [3.8, 4) is 34.5 Å². The minimum atomic E-state index is -0.518. The Morgan fingerprint density at radius 2 is 1.22 bits per heavy atom. The molecule has 0 aliphatic carbocycles. The van der Waals surface area contributed by atoms with E-state index in [0.717, 1.165) is 41.8 Å². The van der Waals surface area contributed by atoms with Gasteiger partial charge in [0.05, 0.1) is 24.5 Å². The summed E-state index contributed by atoms with van der Waals surface area (Å²) in [5.41, 5.74) is 3.86. The second-order valence-corrected chi connectivity index (χ2v) is 14.2. The second kappa shape index (κ2) is 23.0. The van der Waals surface area contributed by atoms with Crippen molar-refractivity contribution in [3.05, 3.63) is 96.1 Å². The molecule has 8 nitrogen and oxygen atoms in total. The number of phenolic OH excluding ortho intramolecular Hbond substituents is 1. The Bertz CT molecular complexity index is 1900. The second-order valence-electron chi connectivity index (χ2n) is 14.2. The molecule has 0 unspecified atom stereocenters. The summed E-state index contributed by atoms with van der Waals surface area (Å²) in [4.78, 5) is 21.9. The number of unbranched alkanes of at least 4 members (excludes halogenated alkanes) is 14. The normalized spacial score (nSPS) is 11.4. The number of hydrogen-bond donors (Lipinski definition) is 1. The quantitative estimate of drug-likeness (QED) is 0.0274. The lowest BCUT2D eigenvalue weighted by Crippen LogP contribution is -2.08. The molecular weight excluding hydrogens is 689 g/mol. The summed E-state index contributed by atoms with van der Waals surface area (Å²) in [7, 11) is 0. The van der Waals surface area contributed by atoms with E-state index >= 15 is 0 Å². The number of rotatable bonds is 25. The van der Waals surface area contributed by atoms with Crippen LogP contribution < -0.4 is 14.2 Å². The number of carbonyl (C=O) groups excluding carboxylic acids is 1. The molecule has 1 aromatic heterocycles. The van der Waals surface area contributed by atoms with Crippen molar-refractivity contribution < 1.29 is 28.5 Å². The Balaban J connectivity index is 1.04. The van der Waals surface area contributed by atoms with E-state index in [1.165, 1.54) is 89.5 Å². The van der Waals surface area contributed by atoms with Crippen molar-refractivity contribution in [3.63, 3.8) is 0 Å². The van der Waals surface area contributed by atoms with Crippen molar-refractivity contribution in [2.45, 2.75) is 117 Å². The highest BCUT2D eigenvalue weighted by molar-refractivity contribution is 5.91. The van der Waals surface area contributed by atoms with Crippen LogP contribution in [0.25, 0.3) is 22.6 Å².